The van der Waals surface area contributed by atoms with Crippen LogP contribution >= 0.6 is 23.1 Å². The van der Waals surface area contributed by atoms with Gasteiger partial charge in [-0.15, -0.1) is 23.1 Å². The summed E-state index contributed by atoms with van der Waals surface area (Å²) in [7, 11) is 0. The van der Waals surface area contributed by atoms with Gasteiger partial charge in [0.2, 0.25) is 11.8 Å². The predicted octanol–water partition coefficient (Wildman–Crippen LogP) is 3.20. The fraction of sp³-hybridized carbons (Fsp3) is 0.267. The second-order valence-corrected chi connectivity index (χ2v) is 7.45. The summed E-state index contributed by atoms with van der Waals surface area (Å²) < 4.78 is 0. The van der Waals surface area contributed by atoms with Crippen LogP contribution in [0.25, 0.3) is 0 Å². The topological polar surface area (TPSA) is 71.1 Å². The van der Waals surface area contributed by atoms with E-state index in [9.17, 15) is 9.59 Å². The van der Waals surface area contributed by atoms with Crippen LogP contribution in [0.1, 0.15) is 17.0 Å². The van der Waals surface area contributed by atoms with Crippen LogP contribution in [-0.4, -0.2) is 22.0 Å². The van der Waals surface area contributed by atoms with Gasteiger partial charge in [-0.1, -0.05) is 12.1 Å². The molecular weight excluding hydrogens is 318 g/mol. The van der Waals surface area contributed by atoms with Gasteiger partial charge in [0.05, 0.1) is 16.6 Å². The summed E-state index contributed by atoms with van der Waals surface area (Å²) >= 11 is 2.87. The first-order valence-electron chi connectivity index (χ1n) is 6.83. The number of rotatable bonds is 3. The quantitative estimate of drug-likeness (QED) is 0.905. The molecule has 1 aromatic heterocycles. The Morgan fingerprint density at radius 2 is 2.14 bits per heavy atom. The molecule has 1 aromatic carbocycles. The van der Waals surface area contributed by atoms with Crippen molar-refractivity contribution in [3.05, 3.63) is 34.8 Å². The first kappa shape index (κ1) is 15.1. The number of thioether (sulfide) groups is 1. The highest BCUT2D eigenvalue weighted by Crippen LogP contribution is 2.36. The summed E-state index contributed by atoms with van der Waals surface area (Å²) in [6.45, 7) is 3.87. The van der Waals surface area contributed by atoms with E-state index < -0.39 is 5.25 Å². The van der Waals surface area contributed by atoms with Gasteiger partial charge in [-0.3, -0.25) is 9.59 Å². The molecule has 2 N–H and O–H groups in total. The lowest BCUT2D eigenvalue weighted by Gasteiger charge is -2.23. The molecule has 114 valence electrons. The fourth-order valence-electron chi connectivity index (χ4n) is 2.09. The van der Waals surface area contributed by atoms with Crippen molar-refractivity contribution in [2.75, 3.05) is 10.6 Å². The standard InChI is InChI=1S/C15H15N3O2S2/c1-8-9(2)21-15(16-8)18-13(19)7-12-14(20)17-10-5-3-4-6-11(10)22-12/h3-6,12H,7H2,1-2H3,(H,17,20)(H,16,18,19)/t12-/m0/s1. The molecule has 0 saturated carbocycles. The van der Waals surface area contributed by atoms with Gasteiger partial charge in [-0.05, 0) is 26.0 Å². The minimum absolute atomic E-state index is 0.127. The van der Waals surface area contributed by atoms with E-state index in [1.54, 1.807) is 0 Å². The van der Waals surface area contributed by atoms with E-state index in [0.29, 0.717) is 5.13 Å². The molecule has 0 saturated heterocycles. The number of aryl methyl sites for hydroxylation is 2. The van der Waals surface area contributed by atoms with E-state index in [1.165, 1.54) is 23.1 Å². The number of para-hydroxylation sites is 1. The summed E-state index contributed by atoms with van der Waals surface area (Å²) in [6.07, 6.45) is 0.127. The molecule has 1 aliphatic heterocycles. The zero-order valence-electron chi connectivity index (χ0n) is 12.2. The minimum atomic E-state index is -0.419. The van der Waals surface area contributed by atoms with E-state index in [1.807, 2.05) is 38.1 Å². The van der Waals surface area contributed by atoms with Crippen molar-refractivity contribution in [3.63, 3.8) is 0 Å². The van der Waals surface area contributed by atoms with Gasteiger partial charge in [0, 0.05) is 16.2 Å². The van der Waals surface area contributed by atoms with Crippen LogP contribution in [0.15, 0.2) is 29.2 Å². The fourth-order valence-corrected chi connectivity index (χ4v) is 4.03. The molecule has 0 unspecified atom stereocenters. The molecule has 2 aromatic rings. The van der Waals surface area contributed by atoms with Gasteiger partial charge in [-0.25, -0.2) is 4.98 Å². The number of hydrogen-bond acceptors (Lipinski definition) is 5. The van der Waals surface area contributed by atoms with Gasteiger partial charge < -0.3 is 10.6 Å². The Hall–Kier alpha value is -1.86. The second kappa shape index (κ2) is 6.10. The number of carbonyl (C=O) groups is 2. The lowest BCUT2D eigenvalue weighted by molar-refractivity contribution is -0.120. The third-order valence-corrected chi connectivity index (χ3v) is 5.62. The highest BCUT2D eigenvalue weighted by atomic mass is 32.2. The molecule has 3 rings (SSSR count). The van der Waals surface area contributed by atoms with Crippen LogP contribution in [0.5, 0.6) is 0 Å². The van der Waals surface area contributed by atoms with Crippen molar-refractivity contribution in [3.8, 4) is 0 Å². The van der Waals surface area contributed by atoms with Gasteiger partial charge in [-0.2, -0.15) is 0 Å². The minimum Gasteiger partial charge on any atom is -0.324 e. The molecule has 5 nitrogen and oxygen atoms in total. The van der Waals surface area contributed by atoms with Crippen molar-refractivity contribution in [1.29, 1.82) is 0 Å². The molecule has 0 radical (unpaired) electrons. The van der Waals surface area contributed by atoms with Gasteiger partial charge in [0.1, 0.15) is 0 Å². The third kappa shape index (κ3) is 3.15. The number of nitrogens with zero attached hydrogens (tertiary/aromatic N) is 1. The largest absolute Gasteiger partial charge is 0.324 e. The Morgan fingerprint density at radius 3 is 2.86 bits per heavy atom. The summed E-state index contributed by atoms with van der Waals surface area (Å²) in [5.74, 6) is -0.328. The molecule has 2 heterocycles. The van der Waals surface area contributed by atoms with Crippen LogP contribution in [0.4, 0.5) is 10.8 Å². The Kier molecular flexibility index (Phi) is 4.17. The van der Waals surface area contributed by atoms with Gasteiger partial charge in [0.15, 0.2) is 5.13 Å². The molecule has 0 spiro atoms. The van der Waals surface area contributed by atoms with Gasteiger partial charge >= 0.3 is 0 Å². The average Bonchev–Trinajstić information content (AvgIpc) is 2.78. The molecule has 7 heteroatoms. The lowest BCUT2D eigenvalue weighted by atomic mass is 10.2. The predicted molar refractivity (Wildman–Crippen MR) is 89.6 cm³/mol. The summed E-state index contributed by atoms with van der Waals surface area (Å²) in [6, 6.07) is 7.59. The smallest absolute Gasteiger partial charge is 0.238 e. The number of benzene rings is 1. The summed E-state index contributed by atoms with van der Waals surface area (Å²) in [5, 5.41) is 5.78. The Balaban J connectivity index is 1.65. The highest BCUT2D eigenvalue weighted by molar-refractivity contribution is 8.01. The number of aromatic nitrogens is 1. The summed E-state index contributed by atoms with van der Waals surface area (Å²) in [4.78, 5) is 30.5. The number of thiazole rings is 1. The molecule has 0 aliphatic carbocycles. The first-order chi connectivity index (χ1) is 10.5. The number of fused-ring (bicyclic) bond motifs is 1. The summed E-state index contributed by atoms with van der Waals surface area (Å²) in [5.41, 5.74) is 1.72. The molecule has 0 bridgehead atoms. The maximum Gasteiger partial charge on any atom is 0.238 e. The van der Waals surface area contributed by atoms with E-state index in [-0.39, 0.29) is 18.2 Å². The number of carbonyl (C=O) groups excluding carboxylic acids is 2. The Labute approximate surface area is 136 Å². The molecule has 1 atom stereocenters. The normalized spacial score (nSPS) is 16.8. The van der Waals surface area contributed by atoms with Crippen molar-refractivity contribution < 1.29 is 9.59 Å². The SMILES string of the molecule is Cc1nc(NC(=O)C[C@@H]2Sc3ccccc3NC2=O)sc1C. The maximum atomic E-state index is 12.1. The van der Waals surface area contributed by atoms with Crippen LogP contribution in [0.2, 0.25) is 0 Å². The van der Waals surface area contributed by atoms with Crippen LogP contribution < -0.4 is 10.6 Å². The van der Waals surface area contributed by atoms with Crippen molar-refractivity contribution >= 4 is 45.7 Å². The molecule has 2 amide bonds. The average molecular weight is 333 g/mol. The zero-order valence-corrected chi connectivity index (χ0v) is 13.8. The first-order valence-corrected chi connectivity index (χ1v) is 8.53. The zero-order chi connectivity index (χ0) is 15.7. The van der Waals surface area contributed by atoms with Crippen LogP contribution in [-0.2, 0) is 9.59 Å². The maximum absolute atomic E-state index is 12.1. The highest BCUT2D eigenvalue weighted by Gasteiger charge is 2.29. The number of anilines is 2. The van der Waals surface area contributed by atoms with Crippen molar-refractivity contribution in [2.45, 2.75) is 30.4 Å². The number of hydrogen-bond donors (Lipinski definition) is 2. The lowest BCUT2D eigenvalue weighted by Crippen LogP contribution is -2.32. The Bertz CT molecular complexity index is 723. The van der Waals surface area contributed by atoms with Gasteiger partial charge in [0.25, 0.3) is 0 Å². The number of nitrogens with one attached hydrogen (secondary N) is 2. The van der Waals surface area contributed by atoms with Crippen molar-refractivity contribution in [2.24, 2.45) is 0 Å². The molecule has 1 aliphatic rings. The molecular formula is C15H15N3O2S2. The van der Waals surface area contributed by atoms with E-state index in [2.05, 4.69) is 15.6 Å². The molecule has 22 heavy (non-hydrogen) atoms. The Morgan fingerprint density at radius 1 is 1.36 bits per heavy atom. The van der Waals surface area contributed by atoms with E-state index >= 15 is 0 Å². The van der Waals surface area contributed by atoms with Crippen LogP contribution in [0, 0.1) is 13.8 Å². The van der Waals surface area contributed by atoms with E-state index in [0.717, 1.165) is 21.2 Å². The van der Waals surface area contributed by atoms with Crippen LogP contribution in [0.3, 0.4) is 0 Å². The second-order valence-electron chi connectivity index (χ2n) is 5.00. The van der Waals surface area contributed by atoms with E-state index in [4.69, 9.17) is 0 Å². The molecule has 0 fully saturated rings. The van der Waals surface area contributed by atoms with Crippen molar-refractivity contribution in [1.82, 2.24) is 4.98 Å². The number of amides is 2. The monoisotopic (exact) mass is 333 g/mol. The third-order valence-electron chi connectivity index (χ3n) is 3.35.